The zero-order valence-corrected chi connectivity index (χ0v) is 11.0. The van der Waals surface area contributed by atoms with Gasteiger partial charge in [0.05, 0.1) is 11.6 Å². The SMILES string of the molecule is O=C(C1CC1)N1CCC[C@H]1c1ccccc1C(F)(F)F. The summed E-state index contributed by atoms with van der Waals surface area (Å²) in [5, 5.41) is 0. The van der Waals surface area contributed by atoms with E-state index in [9.17, 15) is 18.0 Å². The van der Waals surface area contributed by atoms with Crippen LogP contribution in [-0.4, -0.2) is 17.4 Å². The van der Waals surface area contributed by atoms with Crippen LogP contribution in [0.25, 0.3) is 0 Å². The van der Waals surface area contributed by atoms with Gasteiger partial charge in [-0.2, -0.15) is 13.2 Å². The maximum atomic E-state index is 13.1. The molecule has 0 spiro atoms. The van der Waals surface area contributed by atoms with Crippen molar-refractivity contribution in [2.24, 2.45) is 5.92 Å². The minimum Gasteiger partial charge on any atom is -0.335 e. The number of carbonyl (C=O) groups excluding carboxylic acids is 1. The minimum atomic E-state index is -4.37. The average molecular weight is 283 g/mol. The molecule has 1 aromatic carbocycles. The molecule has 0 bridgehead atoms. The van der Waals surface area contributed by atoms with Crippen LogP contribution in [0.4, 0.5) is 13.2 Å². The van der Waals surface area contributed by atoms with Gasteiger partial charge in [0, 0.05) is 12.5 Å². The summed E-state index contributed by atoms with van der Waals surface area (Å²) in [6.07, 6.45) is -1.22. The molecular weight excluding hydrogens is 267 g/mol. The predicted octanol–water partition coefficient (Wildman–Crippen LogP) is 3.78. The number of alkyl halides is 3. The summed E-state index contributed by atoms with van der Waals surface area (Å²) >= 11 is 0. The van der Waals surface area contributed by atoms with Crippen LogP contribution in [-0.2, 0) is 11.0 Å². The zero-order valence-electron chi connectivity index (χ0n) is 11.0. The number of amides is 1. The first-order valence-corrected chi connectivity index (χ1v) is 6.95. The van der Waals surface area contributed by atoms with Crippen molar-refractivity contribution in [2.75, 3.05) is 6.54 Å². The van der Waals surface area contributed by atoms with Crippen molar-refractivity contribution in [2.45, 2.75) is 37.9 Å². The molecule has 1 aliphatic carbocycles. The molecule has 0 aromatic heterocycles. The van der Waals surface area contributed by atoms with Gasteiger partial charge in [-0.05, 0) is 37.3 Å². The van der Waals surface area contributed by atoms with Gasteiger partial charge in [-0.3, -0.25) is 4.79 Å². The maximum Gasteiger partial charge on any atom is 0.416 e. The first kappa shape index (κ1) is 13.5. The molecule has 108 valence electrons. The number of rotatable bonds is 2. The van der Waals surface area contributed by atoms with Crippen LogP contribution < -0.4 is 0 Å². The third-order valence-electron chi connectivity index (χ3n) is 4.09. The van der Waals surface area contributed by atoms with Crippen LogP contribution in [0.15, 0.2) is 24.3 Å². The Hall–Kier alpha value is -1.52. The van der Waals surface area contributed by atoms with E-state index in [1.54, 1.807) is 11.0 Å². The van der Waals surface area contributed by atoms with Crippen LogP contribution in [0.1, 0.15) is 42.9 Å². The molecule has 3 rings (SSSR count). The lowest BCUT2D eigenvalue weighted by molar-refractivity contribution is -0.140. The Balaban J connectivity index is 1.93. The molecule has 0 radical (unpaired) electrons. The highest BCUT2D eigenvalue weighted by molar-refractivity contribution is 5.81. The Bertz CT molecular complexity index is 522. The van der Waals surface area contributed by atoms with Gasteiger partial charge in [-0.25, -0.2) is 0 Å². The molecule has 1 heterocycles. The van der Waals surface area contributed by atoms with Gasteiger partial charge in [0.1, 0.15) is 0 Å². The zero-order chi connectivity index (χ0) is 14.3. The number of hydrogen-bond acceptors (Lipinski definition) is 1. The van der Waals surface area contributed by atoms with E-state index >= 15 is 0 Å². The first-order valence-electron chi connectivity index (χ1n) is 6.95. The summed E-state index contributed by atoms with van der Waals surface area (Å²) in [6.45, 7) is 0.576. The molecular formula is C15H16F3NO. The van der Waals surface area contributed by atoms with E-state index < -0.39 is 17.8 Å². The maximum absolute atomic E-state index is 13.1. The standard InChI is InChI=1S/C15H16F3NO/c16-15(17,18)12-5-2-1-4-11(12)13-6-3-9-19(13)14(20)10-7-8-10/h1-2,4-5,10,13H,3,6-9H2/t13-/m0/s1. The quantitative estimate of drug-likeness (QED) is 0.809. The van der Waals surface area contributed by atoms with E-state index in [4.69, 9.17) is 0 Å². The van der Waals surface area contributed by atoms with E-state index in [1.807, 2.05) is 0 Å². The van der Waals surface area contributed by atoms with E-state index in [0.29, 0.717) is 13.0 Å². The van der Waals surface area contributed by atoms with Gasteiger partial charge in [0.15, 0.2) is 0 Å². The fourth-order valence-electron chi connectivity index (χ4n) is 2.96. The molecule has 1 amide bonds. The molecule has 0 N–H and O–H groups in total. The highest BCUT2D eigenvalue weighted by Crippen LogP contribution is 2.42. The van der Waals surface area contributed by atoms with Crippen molar-refractivity contribution in [3.05, 3.63) is 35.4 Å². The highest BCUT2D eigenvalue weighted by atomic mass is 19.4. The Morgan fingerprint density at radius 2 is 1.85 bits per heavy atom. The van der Waals surface area contributed by atoms with Crippen molar-refractivity contribution >= 4 is 5.91 Å². The second-order valence-corrected chi connectivity index (χ2v) is 5.55. The lowest BCUT2D eigenvalue weighted by Gasteiger charge is -2.27. The third kappa shape index (κ3) is 2.41. The van der Waals surface area contributed by atoms with E-state index in [-0.39, 0.29) is 17.4 Å². The number of hydrogen-bond donors (Lipinski definition) is 0. The lowest BCUT2D eigenvalue weighted by Crippen LogP contribution is -2.32. The van der Waals surface area contributed by atoms with Gasteiger partial charge in [0.2, 0.25) is 5.91 Å². The average Bonchev–Trinajstić information content (AvgIpc) is 3.14. The van der Waals surface area contributed by atoms with Crippen molar-refractivity contribution in [1.29, 1.82) is 0 Å². The summed E-state index contributed by atoms with van der Waals surface area (Å²) in [5.41, 5.74) is -0.369. The Morgan fingerprint density at radius 3 is 2.50 bits per heavy atom. The van der Waals surface area contributed by atoms with Gasteiger partial charge in [-0.1, -0.05) is 18.2 Å². The second-order valence-electron chi connectivity index (χ2n) is 5.55. The van der Waals surface area contributed by atoms with Crippen molar-refractivity contribution in [3.63, 3.8) is 0 Å². The predicted molar refractivity (Wildman–Crippen MR) is 67.9 cm³/mol. The van der Waals surface area contributed by atoms with Gasteiger partial charge < -0.3 is 4.90 Å². The number of carbonyl (C=O) groups is 1. The van der Waals surface area contributed by atoms with Gasteiger partial charge >= 0.3 is 6.18 Å². The molecule has 5 heteroatoms. The number of halogens is 3. The molecule has 1 aliphatic heterocycles. The fourth-order valence-corrected chi connectivity index (χ4v) is 2.96. The molecule has 1 saturated carbocycles. The van der Waals surface area contributed by atoms with Gasteiger partial charge in [0.25, 0.3) is 0 Å². The molecule has 20 heavy (non-hydrogen) atoms. The van der Waals surface area contributed by atoms with E-state index in [1.165, 1.54) is 12.1 Å². The first-order chi connectivity index (χ1) is 9.48. The molecule has 0 unspecified atom stereocenters. The summed E-state index contributed by atoms with van der Waals surface area (Å²) in [7, 11) is 0. The van der Waals surface area contributed by atoms with Crippen molar-refractivity contribution in [1.82, 2.24) is 4.90 Å². The van der Waals surface area contributed by atoms with Crippen LogP contribution in [0.2, 0.25) is 0 Å². The Kier molecular flexibility index (Phi) is 3.22. The lowest BCUT2D eigenvalue weighted by atomic mass is 9.98. The monoisotopic (exact) mass is 283 g/mol. The summed E-state index contributed by atoms with van der Waals surface area (Å²) in [6, 6.07) is 5.21. The minimum absolute atomic E-state index is 0.0319. The number of benzene rings is 1. The van der Waals surface area contributed by atoms with Crippen molar-refractivity contribution < 1.29 is 18.0 Å². The summed E-state index contributed by atoms with van der Waals surface area (Å²) < 4.78 is 39.3. The molecule has 1 saturated heterocycles. The highest BCUT2D eigenvalue weighted by Gasteiger charge is 2.42. The van der Waals surface area contributed by atoms with Crippen LogP contribution >= 0.6 is 0 Å². The van der Waals surface area contributed by atoms with Crippen molar-refractivity contribution in [3.8, 4) is 0 Å². The summed E-state index contributed by atoms with van der Waals surface area (Å²) in [5.74, 6) is 0.0816. The smallest absolute Gasteiger partial charge is 0.335 e. The molecule has 2 fully saturated rings. The van der Waals surface area contributed by atoms with E-state index in [2.05, 4.69) is 0 Å². The van der Waals surface area contributed by atoms with Crippen LogP contribution in [0.5, 0.6) is 0 Å². The molecule has 1 aromatic rings. The number of likely N-dealkylation sites (tertiary alicyclic amines) is 1. The van der Waals surface area contributed by atoms with Crippen LogP contribution in [0.3, 0.4) is 0 Å². The molecule has 2 aliphatic rings. The fraction of sp³-hybridized carbons (Fsp3) is 0.533. The Morgan fingerprint density at radius 1 is 1.15 bits per heavy atom. The van der Waals surface area contributed by atoms with Crippen LogP contribution in [0, 0.1) is 5.92 Å². The van der Waals surface area contributed by atoms with E-state index in [0.717, 1.165) is 25.3 Å². The molecule has 2 nitrogen and oxygen atoms in total. The molecule has 1 atom stereocenters. The topological polar surface area (TPSA) is 20.3 Å². The normalized spacial score (nSPS) is 23.1. The Labute approximate surface area is 115 Å². The summed E-state index contributed by atoms with van der Waals surface area (Å²) in [4.78, 5) is 13.9. The van der Waals surface area contributed by atoms with Gasteiger partial charge in [-0.15, -0.1) is 0 Å². The third-order valence-corrected chi connectivity index (χ3v) is 4.09. The second kappa shape index (κ2) is 4.79. The largest absolute Gasteiger partial charge is 0.416 e. The number of nitrogens with zero attached hydrogens (tertiary/aromatic N) is 1.